The number of rotatable bonds is 5. The summed E-state index contributed by atoms with van der Waals surface area (Å²) in [6.07, 6.45) is 1.69. The number of aliphatic imine (C=N–C) groups is 1. The van der Waals surface area contributed by atoms with Gasteiger partial charge in [-0.15, -0.1) is 10.2 Å². The van der Waals surface area contributed by atoms with Crippen LogP contribution < -0.4 is 10.6 Å². The average molecular weight is 290 g/mol. The smallest absolute Gasteiger partial charge is 0.191 e. The number of hydrogen-bond acceptors (Lipinski definition) is 3. The minimum atomic E-state index is -0.230. The second kappa shape index (κ2) is 7.37. The van der Waals surface area contributed by atoms with E-state index in [1.54, 1.807) is 31.6 Å². The lowest BCUT2D eigenvalue weighted by Crippen LogP contribution is -2.37. The molecule has 0 saturated carbocycles. The Morgan fingerprint density at radius 1 is 1.29 bits per heavy atom. The fourth-order valence-electron chi connectivity index (χ4n) is 1.88. The third-order valence-electron chi connectivity index (χ3n) is 3.08. The molecule has 21 heavy (non-hydrogen) atoms. The number of aromatic nitrogens is 3. The van der Waals surface area contributed by atoms with Crippen LogP contribution in [0.25, 0.3) is 0 Å². The zero-order chi connectivity index (χ0) is 15.1. The molecule has 0 saturated heterocycles. The van der Waals surface area contributed by atoms with Gasteiger partial charge in [-0.3, -0.25) is 4.99 Å². The fourth-order valence-corrected chi connectivity index (χ4v) is 1.88. The van der Waals surface area contributed by atoms with E-state index in [2.05, 4.69) is 25.8 Å². The summed E-state index contributed by atoms with van der Waals surface area (Å²) < 4.78 is 15.5. The number of benzene rings is 1. The number of nitrogens with one attached hydrogen (secondary N) is 2. The van der Waals surface area contributed by atoms with Gasteiger partial charge in [-0.05, 0) is 13.0 Å². The molecule has 0 amide bonds. The van der Waals surface area contributed by atoms with Crippen molar-refractivity contribution in [2.45, 2.75) is 26.6 Å². The van der Waals surface area contributed by atoms with Crippen molar-refractivity contribution in [2.24, 2.45) is 4.99 Å². The molecule has 2 rings (SSSR count). The molecule has 2 N–H and O–H groups in total. The SMILES string of the molecule is CCn1cnnc1CNC(=NC)NCc1ccccc1F. The maximum Gasteiger partial charge on any atom is 0.191 e. The molecule has 0 aliphatic rings. The minimum Gasteiger partial charge on any atom is -0.352 e. The highest BCUT2D eigenvalue weighted by Gasteiger charge is 2.05. The molecular formula is C14H19FN6. The highest BCUT2D eigenvalue weighted by atomic mass is 19.1. The lowest BCUT2D eigenvalue weighted by Gasteiger charge is -2.12. The van der Waals surface area contributed by atoms with E-state index in [1.165, 1.54) is 6.07 Å². The van der Waals surface area contributed by atoms with Crippen molar-refractivity contribution in [1.29, 1.82) is 0 Å². The van der Waals surface area contributed by atoms with Gasteiger partial charge in [-0.2, -0.15) is 0 Å². The Balaban J connectivity index is 1.88. The van der Waals surface area contributed by atoms with Gasteiger partial charge in [0.25, 0.3) is 0 Å². The number of halogens is 1. The third-order valence-corrected chi connectivity index (χ3v) is 3.08. The summed E-state index contributed by atoms with van der Waals surface area (Å²) >= 11 is 0. The molecule has 0 fully saturated rings. The van der Waals surface area contributed by atoms with Crippen molar-refractivity contribution in [2.75, 3.05) is 7.05 Å². The Kier molecular flexibility index (Phi) is 5.25. The number of aryl methyl sites for hydroxylation is 1. The van der Waals surface area contributed by atoms with E-state index < -0.39 is 0 Å². The summed E-state index contributed by atoms with van der Waals surface area (Å²) in [7, 11) is 1.67. The summed E-state index contributed by atoms with van der Waals surface area (Å²) in [5.41, 5.74) is 0.595. The molecule has 0 bridgehead atoms. The third kappa shape index (κ3) is 4.01. The second-order valence-corrected chi connectivity index (χ2v) is 4.40. The Morgan fingerprint density at radius 2 is 2.05 bits per heavy atom. The lowest BCUT2D eigenvalue weighted by molar-refractivity contribution is 0.604. The zero-order valence-corrected chi connectivity index (χ0v) is 12.2. The predicted molar refractivity (Wildman–Crippen MR) is 79.1 cm³/mol. The Hall–Kier alpha value is -2.44. The second-order valence-electron chi connectivity index (χ2n) is 4.40. The maximum atomic E-state index is 13.5. The summed E-state index contributed by atoms with van der Waals surface area (Å²) in [5.74, 6) is 1.18. The molecule has 0 spiro atoms. The van der Waals surface area contributed by atoms with Crippen molar-refractivity contribution in [3.05, 3.63) is 47.8 Å². The van der Waals surface area contributed by atoms with Crippen LogP contribution in [0.3, 0.4) is 0 Å². The normalized spacial score (nSPS) is 11.5. The maximum absolute atomic E-state index is 13.5. The van der Waals surface area contributed by atoms with Crippen LogP contribution in [0.5, 0.6) is 0 Å². The van der Waals surface area contributed by atoms with Crippen molar-refractivity contribution < 1.29 is 4.39 Å². The standard InChI is InChI=1S/C14H19FN6/c1-3-21-10-19-20-13(21)9-18-14(16-2)17-8-11-6-4-5-7-12(11)15/h4-7,10H,3,8-9H2,1-2H3,(H2,16,17,18). The van der Waals surface area contributed by atoms with Crippen LogP contribution in [0.1, 0.15) is 18.3 Å². The summed E-state index contributed by atoms with van der Waals surface area (Å²) in [4.78, 5) is 4.10. The molecule has 0 unspecified atom stereocenters. The Bertz CT molecular complexity index is 607. The van der Waals surface area contributed by atoms with E-state index in [1.807, 2.05) is 11.5 Å². The van der Waals surface area contributed by atoms with Crippen LogP contribution in [-0.2, 0) is 19.6 Å². The molecule has 0 atom stereocenters. The quantitative estimate of drug-likeness (QED) is 0.643. The predicted octanol–water partition coefficient (Wildman–Crippen LogP) is 1.30. The van der Waals surface area contributed by atoms with E-state index in [-0.39, 0.29) is 5.82 Å². The van der Waals surface area contributed by atoms with Crippen LogP contribution in [0.2, 0.25) is 0 Å². The van der Waals surface area contributed by atoms with Gasteiger partial charge in [0.2, 0.25) is 0 Å². The average Bonchev–Trinajstić information content (AvgIpc) is 2.96. The molecule has 112 valence electrons. The molecule has 7 heteroatoms. The van der Waals surface area contributed by atoms with E-state index in [9.17, 15) is 4.39 Å². The van der Waals surface area contributed by atoms with Crippen molar-refractivity contribution in [3.8, 4) is 0 Å². The largest absolute Gasteiger partial charge is 0.352 e. The van der Waals surface area contributed by atoms with Crippen molar-refractivity contribution >= 4 is 5.96 Å². The molecule has 0 aliphatic heterocycles. The zero-order valence-electron chi connectivity index (χ0n) is 12.2. The lowest BCUT2D eigenvalue weighted by atomic mass is 10.2. The van der Waals surface area contributed by atoms with Crippen molar-refractivity contribution in [1.82, 2.24) is 25.4 Å². The topological polar surface area (TPSA) is 67.1 Å². The Labute approximate surface area is 123 Å². The van der Waals surface area contributed by atoms with Gasteiger partial charge in [0.1, 0.15) is 12.1 Å². The van der Waals surface area contributed by atoms with Crippen LogP contribution in [0.4, 0.5) is 4.39 Å². The van der Waals surface area contributed by atoms with Gasteiger partial charge in [0.05, 0.1) is 6.54 Å². The molecule has 2 aromatic rings. The Morgan fingerprint density at radius 3 is 2.76 bits per heavy atom. The van der Waals surface area contributed by atoms with Crippen molar-refractivity contribution in [3.63, 3.8) is 0 Å². The first-order valence-corrected chi connectivity index (χ1v) is 6.79. The van der Waals surface area contributed by atoms with Crippen LogP contribution in [0, 0.1) is 5.82 Å². The fraction of sp³-hybridized carbons (Fsp3) is 0.357. The van der Waals surface area contributed by atoms with Gasteiger partial charge in [-0.1, -0.05) is 18.2 Å². The summed E-state index contributed by atoms with van der Waals surface area (Å²) in [5, 5.41) is 14.1. The first-order chi connectivity index (χ1) is 10.2. The molecule has 1 aromatic heterocycles. The molecule has 1 heterocycles. The number of nitrogens with zero attached hydrogens (tertiary/aromatic N) is 4. The van der Waals surface area contributed by atoms with Crippen LogP contribution in [-0.4, -0.2) is 27.8 Å². The monoisotopic (exact) mass is 290 g/mol. The summed E-state index contributed by atoms with van der Waals surface area (Å²) in [6, 6.07) is 6.66. The number of hydrogen-bond donors (Lipinski definition) is 2. The molecule has 0 radical (unpaired) electrons. The first-order valence-electron chi connectivity index (χ1n) is 6.79. The minimum absolute atomic E-state index is 0.230. The highest BCUT2D eigenvalue weighted by molar-refractivity contribution is 5.79. The number of guanidine groups is 1. The molecule has 6 nitrogen and oxygen atoms in total. The summed E-state index contributed by atoms with van der Waals surface area (Å²) in [6.45, 7) is 3.71. The van der Waals surface area contributed by atoms with E-state index in [0.29, 0.717) is 24.6 Å². The molecule has 1 aromatic carbocycles. The van der Waals surface area contributed by atoms with Gasteiger partial charge in [0, 0.05) is 25.7 Å². The first kappa shape index (κ1) is 15.0. The van der Waals surface area contributed by atoms with Crippen LogP contribution >= 0.6 is 0 Å². The van der Waals surface area contributed by atoms with E-state index in [0.717, 1.165) is 12.4 Å². The van der Waals surface area contributed by atoms with Crippen LogP contribution in [0.15, 0.2) is 35.6 Å². The van der Waals surface area contributed by atoms with E-state index >= 15 is 0 Å². The van der Waals surface area contributed by atoms with E-state index in [4.69, 9.17) is 0 Å². The highest BCUT2D eigenvalue weighted by Crippen LogP contribution is 2.05. The molecule has 0 aliphatic carbocycles. The van der Waals surface area contributed by atoms with Gasteiger partial charge >= 0.3 is 0 Å². The van der Waals surface area contributed by atoms with Gasteiger partial charge < -0.3 is 15.2 Å². The molecular weight excluding hydrogens is 271 g/mol. The van der Waals surface area contributed by atoms with Gasteiger partial charge in [0.15, 0.2) is 11.8 Å². The van der Waals surface area contributed by atoms with Gasteiger partial charge in [-0.25, -0.2) is 4.39 Å².